The average molecular weight is 321 g/mol. The van der Waals surface area contributed by atoms with E-state index in [1.165, 1.54) is 0 Å². The van der Waals surface area contributed by atoms with E-state index in [1.807, 2.05) is 38.1 Å². The second-order valence-corrected chi connectivity index (χ2v) is 4.61. The smallest absolute Gasteiger partial charge is 0.193 e. The van der Waals surface area contributed by atoms with Crippen molar-refractivity contribution < 1.29 is 14.2 Å². The predicted octanol–water partition coefficient (Wildman–Crippen LogP) is 2.80. The van der Waals surface area contributed by atoms with E-state index in [2.05, 4.69) is 16.9 Å². The number of nitrogens with one attached hydrogen (secondary N) is 1. The fraction of sp³-hybridized carbons (Fsp3) is 0.471. The zero-order chi connectivity index (χ0) is 16.9. The molecule has 0 radical (unpaired) electrons. The van der Waals surface area contributed by atoms with Crippen molar-refractivity contribution in [3.05, 3.63) is 30.9 Å². The number of anilines is 1. The van der Waals surface area contributed by atoms with Gasteiger partial charge >= 0.3 is 0 Å². The molecular weight excluding hydrogens is 294 g/mol. The monoisotopic (exact) mass is 321 g/mol. The van der Waals surface area contributed by atoms with E-state index in [-0.39, 0.29) is 0 Å². The van der Waals surface area contributed by atoms with Gasteiger partial charge in [-0.1, -0.05) is 6.08 Å². The molecule has 6 heteroatoms. The van der Waals surface area contributed by atoms with E-state index in [1.54, 1.807) is 0 Å². The molecule has 0 aliphatic carbocycles. The molecule has 6 nitrogen and oxygen atoms in total. The Labute approximate surface area is 138 Å². The Morgan fingerprint density at radius 3 is 2.74 bits per heavy atom. The van der Waals surface area contributed by atoms with Crippen LogP contribution in [0.2, 0.25) is 0 Å². The van der Waals surface area contributed by atoms with E-state index in [0.29, 0.717) is 44.7 Å². The van der Waals surface area contributed by atoms with E-state index in [9.17, 15) is 0 Å². The first-order valence-electron chi connectivity index (χ1n) is 7.86. The summed E-state index contributed by atoms with van der Waals surface area (Å²) in [4.78, 5) is 4.23. The third kappa shape index (κ3) is 7.56. The van der Waals surface area contributed by atoms with Gasteiger partial charge in [-0.05, 0) is 32.4 Å². The Morgan fingerprint density at radius 2 is 2.04 bits per heavy atom. The minimum Gasteiger partial charge on any atom is -0.494 e. The minimum atomic E-state index is 0.312. The molecule has 0 saturated carbocycles. The van der Waals surface area contributed by atoms with Crippen molar-refractivity contribution in [3.8, 4) is 11.5 Å². The number of ether oxygens (including phenoxy) is 3. The Kier molecular flexibility index (Phi) is 9.31. The van der Waals surface area contributed by atoms with Crippen LogP contribution in [0.1, 0.15) is 20.3 Å². The predicted molar refractivity (Wildman–Crippen MR) is 94.5 cm³/mol. The zero-order valence-electron chi connectivity index (χ0n) is 14.0. The minimum absolute atomic E-state index is 0.312. The lowest BCUT2D eigenvalue weighted by Gasteiger charge is -2.14. The zero-order valence-corrected chi connectivity index (χ0v) is 14.0. The molecule has 23 heavy (non-hydrogen) atoms. The van der Waals surface area contributed by atoms with E-state index in [0.717, 1.165) is 17.9 Å². The summed E-state index contributed by atoms with van der Waals surface area (Å²) in [7, 11) is 0. The SMILES string of the molecule is C=CCCOCCN=C(N)Nc1cc(OCC)ccc1OCC. The molecule has 0 aliphatic rings. The molecule has 0 bridgehead atoms. The van der Waals surface area contributed by atoms with Crippen molar-refractivity contribution in [2.24, 2.45) is 10.7 Å². The van der Waals surface area contributed by atoms with Crippen LogP contribution in [0.15, 0.2) is 35.8 Å². The van der Waals surface area contributed by atoms with Crippen LogP contribution in [-0.2, 0) is 4.74 Å². The normalized spacial score (nSPS) is 11.1. The van der Waals surface area contributed by atoms with Gasteiger partial charge in [0.1, 0.15) is 11.5 Å². The van der Waals surface area contributed by atoms with Gasteiger partial charge in [-0.3, -0.25) is 4.99 Å². The van der Waals surface area contributed by atoms with Crippen LogP contribution in [0.25, 0.3) is 0 Å². The van der Waals surface area contributed by atoms with Crippen LogP contribution < -0.4 is 20.5 Å². The quantitative estimate of drug-likeness (QED) is 0.284. The number of guanidine groups is 1. The van der Waals surface area contributed by atoms with Gasteiger partial charge < -0.3 is 25.3 Å². The molecule has 0 heterocycles. The number of hydrogen-bond acceptors (Lipinski definition) is 4. The highest BCUT2D eigenvalue weighted by Crippen LogP contribution is 2.29. The second kappa shape index (κ2) is 11.4. The maximum Gasteiger partial charge on any atom is 0.193 e. The molecule has 3 N–H and O–H groups in total. The van der Waals surface area contributed by atoms with Crippen molar-refractivity contribution >= 4 is 11.6 Å². The summed E-state index contributed by atoms with van der Waals surface area (Å²) in [5.41, 5.74) is 6.63. The third-order valence-corrected chi connectivity index (χ3v) is 2.81. The summed E-state index contributed by atoms with van der Waals surface area (Å²) in [6, 6.07) is 5.56. The number of nitrogens with two attached hydrogens (primary N) is 1. The highest BCUT2D eigenvalue weighted by Gasteiger charge is 2.07. The summed E-state index contributed by atoms with van der Waals surface area (Å²) in [5, 5.41) is 3.05. The van der Waals surface area contributed by atoms with Crippen LogP contribution in [-0.4, -0.2) is 38.9 Å². The van der Waals surface area contributed by atoms with Crippen LogP contribution >= 0.6 is 0 Å². The van der Waals surface area contributed by atoms with Crippen molar-refractivity contribution in [2.45, 2.75) is 20.3 Å². The standard InChI is InChI=1S/C17H27N3O3/c1-4-7-11-21-12-10-19-17(18)20-15-13-14(22-5-2)8-9-16(15)23-6-3/h4,8-9,13H,1,5-7,10-12H2,2-3H3,(H3,18,19,20). The molecule has 0 amide bonds. The van der Waals surface area contributed by atoms with Crippen molar-refractivity contribution in [1.29, 1.82) is 0 Å². The number of benzene rings is 1. The fourth-order valence-corrected chi connectivity index (χ4v) is 1.82. The van der Waals surface area contributed by atoms with Gasteiger partial charge in [0.15, 0.2) is 5.96 Å². The lowest BCUT2D eigenvalue weighted by atomic mass is 10.2. The fourth-order valence-electron chi connectivity index (χ4n) is 1.82. The lowest BCUT2D eigenvalue weighted by molar-refractivity contribution is 0.146. The molecule has 0 fully saturated rings. The Bertz CT molecular complexity index is 504. The number of hydrogen-bond donors (Lipinski definition) is 2. The van der Waals surface area contributed by atoms with Crippen LogP contribution in [0.3, 0.4) is 0 Å². The van der Waals surface area contributed by atoms with Gasteiger partial charge in [-0.2, -0.15) is 0 Å². The lowest BCUT2D eigenvalue weighted by Crippen LogP contribution is -2.24. The summed E-state index contributed by atoms with van der Waals surface area (Å²) < 4.78 is 16.5. The molecule has 0 saturated heterocycles. The Balaban J connectivity index is 2.61. The molecule has 1 aromatic rings. The molecule has 1 aromatic carbocycles. The molecule has 0 aliphatic heterocycles. The van der Waals surface area contributed by atoms with Crippen LogP contribution in [0, 0.1) is 0 Å². The average Bonchev–Trinajstić information content (AvgIpc) is 2.53. The molecule has 0 atom stereocenters. The van der Waals surface area contributed by atoms with Crippen LogP contribution in [0.5, 0.6) is 11.5 Å². The number of nitrogens with zero attached hydrogens (tertiary/aromatic N) is 1. The van der Waals surface area contributed by atoms with Gasteiger partial charge in [0.05, 0.1) is 38.7 Å². The molecule has 0 spiro atoms. The Hall–Kier alpha value is -2.21. The molecule has 0 aromatic heterocycles. The van der Waals surface area contributed by atoms with Gasteiger partial charge in [0.2, 0.25) is 0 Å². The summed E-state index contributed by atoms with van der Waals surface area (Å²) >= 11 is 0. The summed E-state index contributed by atoms with van der Waals surface area (Å²) in [5.74, 6) is 1.77. The first kappa shape index (κ1) is 18.8. The molecular formula is C17H27N3O3. The van der Waals surface area contributed by atoms with Crippen LogP contribution in [0.4, 0.5) is 5.69 Å². The Morgan fingerprint density at radius 1 is 1.26 bits per heavy atom. The molecule has 1 rings (SSSR count). The van der Waals surface area contributed by atoms with E-state index in [4.69, 9.17) is 19.9 Å². The summed E-state index contributed by atoms with van der Waals surface area (Å²) in [6.07, 6.45) is 2.65. The van der Waals surface area contributed by atoms with E-state index >= 15 is 0 Å². The first-order chi connectivity index (χ1) is 11.2. The number of rotatable bonds is 11. The summed E-state index contributed by atoms with van der Waals surface area (Å²) in [6.45, 7) is 10.3. The second-order valence-electron chi connectivity index (χ2n) is 4.61. The topological polar surface area (TPSA) is 78.1 Å². The maximum absolute atomic E-state index is 5.91. The molecule has 128 valence electrons. The van der Waals surface area contributed by atoms with Gasteiger partial charge in [-0.15, -0.1) is 6.58 Å². The van der Waals surface area contributed by atoms with Crippen molar-refractivity contribution in [1.82, 2.24) is 0 Å². The van der Waals surface area contributed by atoms with Gasteiger partial charge in [0, 0.05) is 6.07 Å². The number of aliphatic imine (C=N–C) groups is 1. The largest absolute Gasteiger partial charge is 0.494 e. The highest BCUT2D eigenvalue weighted by atomic mass is 16.5. The van der Waals surface area contributed by atoms with Gasteiger partial charge in [0.25, 0.3) is 0 Å². The maximum atomic E-state index is 5.91. The third-order valence-electron chi connectivity index (χ3n) is 2.81. The van der Waals surface area contributed by atoms with Gasteiger partial charge in [-0.25, -0.2) is 0 Å². The highest BCUT2D eigenvalue weighted by molar-refractivity contribution is 5.94. The van der Waals surface area contributed by atoms with Crippen molar-refractivity contribution in [3.63, 3.8) is 0 Å². The first-order valence-corrected chi connectivity index (χ1v) is 7.86. The van der Waals surface area contributed by atoms with E-state index < -0.39 is 0 Å². The molecule has 0 unspecified atom stereocenters. The van der Waals surface area contributed by atoms with Crippen molar-refractivity contribution in [2.75, 3.05) is 38.3 Å².